The van der Waals surface area contributed by atoms with Crippen LogP contribution in [0.2, 0.25) is 0 Å². The van der Waals surface area contributed by atoms with Gasteiger partial charge in [0, 0.05) is 25.3 Å². The van der Waals surface area contributed by atoms with E-state index in [0.29, 0.717) is 18.0 Å². The Morgan fingerprint density at radius 1 is 1.53 bits per heavy atom. The van der Waals surface area contributed by atoms with Gasteiger partial charge in [0.1, 0.15) is 11.9 Å². The molecule has 0 saturated carbocycles. The first-order valence-corrected chi connectivity index (χ1v) is 5.75. The van der Waals surface area contributed by atoms with Crippen molar-refractivity contribution in [1.29, 1.82) is 5.26 Å². The maximum atomic E-state index is 13.8. The van der Waals surface area contributed by atoms with Crippen molar-refractivity contribution in [2.75, 3.05) is 19.7 Å². The molecule has 1 heterocycles. The summed E-state index contributed by atoms with van der Waals surface area (Å²) in [4.78, 5) is 2.11. The minimum atomic E-state index is -0.414. The van der Waals surface area contributed by atoms with Crippen LogP contribution in [0.4, 0.5) is 4.39 Å². The zero-order valence-electron chi connectivity index (χ0n) is 9.56. The fourth-order valence-electron chi connectivity index (χ4n) is 2.23. The zero-order chi connectivity index (χ0) is 12.3. The van der Waals surface area contributed by atoms with Crippen molar-refractivity contribution in [3.05, 3.63) is 35.1 Å². The number of rotatable bonds is 3. The van der Waals surface area contributed by atoms with E-state index in [-0.39, 0.29) is 12.2 Å². The minimum Gasteiger partial charge on any atom is -0.396 e. The van der Waals surface area contributed by atoms with Crippen molar-refractivity contribution in [2.45, 2.75) is 13.0 Å². The minimum absolute atomic E-state index is 0.0976. The smallest absolute Gasteiger partial charge is 0.145 e. The summed E-state index contributed by atoms with van der Waals surface area (Å²) in [5.41, 5.74) is 0.656. The molecule has 1 aromatic carbocycles. The van der Waals surface area contributed by atoms with E-state index in [1.807, 2.05) is 6.07 Å². The summed E-state index contributed by atoms with van der Waals surface area (Å²) in [6, 6.07) is 6.75. The third-order valence-electron chi connectivity index (χ3n) is 3.22. The first-order valence-electron chi connectivity index (χ1n) is 5.75. The van der Waals surface area contributed by atoms with E-state index in [0.717, 1.165) is 19.5 Å². The van der Waals surface area contributed by atoms with Gasteiger partial charge in [-0.15, -0.1) is 0 Å². The molecule has 0 bridgehead atoms. The second kappa shape index (κ2) is 5.26. The van der Waals surface area contributed by atoms with Gasteiger partial charge in [-0.25, -0.2) is 4.39 Å². The number of hydrogen-bond donors (Lipinski definition) is 1. The second-order valence-electron chi connectivity index (χ2n) is 4.46. The Morgan fingerprint density at radius 3 is 3.00 bits per heavy atom. The summed E-state index contributed by atoms with van der Waals surface area (Å²) in [7, 11) is 0. The summed E-state index contributed by atoms with van der Waals surface area (Å²) >= 11 is 0. The number of aliphatic hydroxyl groups is 1. The maximum Gasteiger partial charge on any atom is 0.145 e. The molecule has 0 aromatic heterocycles. The molecule has 2 rings (SSSR count). The van der Waals surface area contributed by atoms with Gasteiger partial charge in [0.05, 0.1) is 5.56 Å². The molecule has 1 aromatic rings. The molecule has 90 valence electrons. The molecule has 0 spiro atoms. The van der Waals surface area contributed by atoms with Gasteiger partial charge in [0.25, 0.3) is 0 Å². The van der Waals surface area contributed by atoms with Gasteiger partial charge >= 0.3 is 0 Å². The topological polar surface area (TPSA) is 47.3 Å². The number of likely N-dealkylation sites (tertiary alicyclic amines) is 1. The van der Waals surface area contributed by atoms with Gasteiger partial charge < -0.3 is 5.11 Å². The molecule has 1 aliphatic rings. The lowest BCUT2D eigenvalue weighted by atomic mass is 10.1. The molecule has 1 unspecified atom stereocenters. The van der Waals surface area contributed by atoms with E-state index in [1.165, 1.54) is 6.07 Å². The number of aliphatic hydroxyl groups excluding tert-OH is 1. The van der Waals surface area contributed by atoms with E-state index in [2.05, 4.69) is 4.90 Å². The predicted molar refractivity (Wildman–Crippen MR) is 61.6 cm³/mol. The van der Waals surface area contributed by atoms with E-state index in [9.17, 15) is 4.39 Å². The quantitative estimate of drug-likeness (QED) is 0.862. The van der Waals surface area contributed by atoms with Gasteiger partial charge in [-0.1, -0.05) is 12.1 Å². The lowest BCUT2D eigenvalue weighted by molar-refractivity contribution is 0.219. The first-order chi connectivity index (χ1) is 8.24. The first kappa shape index (κ1) is 12.0. The summed E-state index contributed by atoms with van der Waals surface area (Å²) in [5.74, 6) is -0.111. The Bertz CT molecular complexity index is 442. The number of nitriles is 1. The van der Waals surface area contributed by atoms with Crippen molar-refractivity contribution in [3.63, 3.8) is 0 Å². The van der Waals surface area contributed by atoms with E-state index < -0.39 is 5.82 Å². The highest BCUT2D eigenvalue weighted by Gasteiger charge is 2.22. The summed E-state index contributed by atoms with van der Waals surface area (Å²) in [5, 5.41) is 17.8. The van der Waals surface area contributed by atoms with Crippen molar-refractivity contribution in [1.82, 2.24) is 4.90 Å². The van der Waals surface area contributed by atoms with Crippen LogP contribution in [0.3, 0.4) is 0 Å². The molecule has 3 nitrogen and oxygen atoms in total. The Kier molecular flexibility index (Phi) is 3.72. The van der Waals surface area contributed by atoms with Crippen LogP contribution in [0, 0.1) is 23.1 Å². The highest BCUT2D eigenvalue weighted by atomic mass is 19.1. The van der Waals surface area contributed by atoms with Gasteiger partial charge in [0.2, 0.25) is 0 Å². The molecule has 1 saturated heterocycles. The molecule has 0 aliphatic carbocycles. The molecule has 1 fully saturated rings. The fourth-order valence-corrected chi connectivity index (χ4v) is 2.23. The van der Waals surface area contributed by atoms with E-state index in [1.54, 1.807) is 12.1 Å². The Balaban J connectivity index is 2.07. The summed E-state index contributed by atoms with van der Waals surface area (Å²) < 4.78 is 13.8. The van der Waals surface area contributed by atoms with E-state index in [4.69, 9.17) is 10.4 Å². The SMILES string of the molecule is N#Cc1cccc(CN2CCC(CO)C2)c1F. The predicted octanol–water partition coefficient (Wildman–Crippen LogP) is 1.51. The van der Waals surface area contributed by atoms with Crippen LogP contribution in [-0.4, -0.2) is 29.7 Å². The van der Waals surface area contributed by atoms with Crippen LogP contribution in [0.25, 0.3) is 0 Å². The zero-order valence-corrected chi connectivity index (χ0v) is 9.56. The van der Waals surface area contributed by atoms with Gasteiger partial charge in [0.15, 0.2) is 0 Å². The molecule has 17 heavy (non-hydrogen) atoms. The number of halogens is 1. The van der Waals surface area contributed by atoms with E-state index >= 15 is 0 Å². The molecule has 0 radical (unpaired) electrons. The second-order valence-corrected chi connectivity index (χ2v) is 4.46. The Hall–Kier alpha value is -1.44. The molecular weight excluding hydrogens is 219 g/mol. The van der Waals surface area contributed by atoms with Gasteiger partial charge in [-0.05, 0) is 24.9 Å². The standard InChI is InChI=1S/C13H15FN2O/c14-13-11(6-15)2-1-3-12(13)8-16-5-4-10(7-16)9-17/h1-3,10,17H,4-5,7-9H2. The number of benzene rings is 1. The molecule has 1 N–H and O–H groups in total. The molecule has 4 heteroatoms. The van der Waals surface area contributed by atoms with Crippen molar-refractivity contribution >= 4 is 0 Å². The van der Waals surface area contributed by atoms with Crippen LogP contribution in [-0.2, 0) is 6.54 Å². The highest BCUT2D eigenvalue weighted by molar-refractivity contribution is 5.34. The lowest BCUT2D eigenvalue weighted by Crippen LogP contribution is -2.21. The van der Waals surface area contributed by atoms with Crippen LogP contribution in [0.15, 0.2) is 18.2 Å². The fraction of sp³-hybridized carbons (Fsp3) is 0.462. The van der Waals surface area contributed by atoms with Crippen molar-refractivity contribution < 1.29 is 9.50 Å². The van der Waals surface area contributed by atoms with Crippen LogP contribution < -0.4 is 0 Å². The van der Waals surface area contributed by atoms with Gasteiger partial charge in [-0.3, -0.25) is 4.90 Å². The van der Waals surface area contributed by atoms with Crippen LogP contribution >= 0.6 is 0 Å². The third kappa shape index (κ3) is 2.63. The number of hydrogen-bond acceptors (Lipinski definition) is 3. The number of nitrogens with zero attached hydrogens (tertiary/aromatic N) is 2. The lowest BCUT2D eigenvalue weighted by Gasteiger charge is -2.16. The normalized spacial score (nSPS) is 20.4. The monoisotopic (exact) mass is 234 g/mol. The van der Waals surface area contributed by atoms with Gasteiger partial charge in [-0.2, -0.15) is 5.26 Å². The van der Waals surface area contributed by atoms with Crippen molar-refractivity contribution in [3.8, 4) is 6.07 Å². The average Bonchev–Trinajstić information content (AvgIpc) is 2.79. The molecule has 0 amide bonds. The summed E-state index contributed by atoms with van der Waals surface area (Å²) in [6.45, 7) is 2.38. The van der Waals surface area contributed by atoms with Crippen LogP contribution in [0.1, 0.15) is 17.5 Å². The summed E-state index contributed by atoms with van der Waals surface area (Å²) in [6.07, 6.45) is 0.954. The maximum absolute atomic E-state index is 13.8. The molecule has 1 aliphatic heterocycles. The molecule has 1 atom stereocenters. The molecular formula is C13H15FN2O. The average molecular weight is 234 g/mol. The Labute approximate surface area is 100 Å². The van der Waals surface area contributed by atoms with Crippen molar-refractivity contribution in [2.24, 2.45) is 5.92 Å². The van der Waals surface area contributed by atoms with Crippen LogP contribution in [0.5, 0.6) is 0 Å². The Morgan fingerprint density at radius 2 is 2.35 bits per heavy atom. The highest BCUT2D eigenvalue weighted by Crippen LogP contribution is 2.20. The third-order valence-corrected chi connectivity index (χ3v) is 3.22. The largest absolute Gasteiger partial charge is 0.396 e.